The largest absolute Gasteiger partial charge is 0.397 e. The van der Waals surface area contributed by atoms with Crippen molar-refractivity contribution in [1.82, 2.24) is 0 Å². The lowest BCUT2D eigenvalue weighted by Gasteiger charge is -2.25. The molecule has 0 radical (unpaired) electrons. The van der Waals surface area contributed by atoms with Crippen LogP contribution >= 0.6 is 0 Å². The summed E-state index contributed by atoms with van der Waals surface area (Å²) in [4.78, 5) is 2.10. The molecule has 3 heteroatoms. The van der Waals surface area contributed by atoms with Crippen molar-refractivity contribution in [2.24, 2.45) is 0 Å². The minimum Gasteiger partial charge on any atom is -0.397 e. The van der Waals surface area contributed by atoms with E-state index in [1.54, 1.807) is 0 Å². The maximum atomic E-state index is 9.24. The number of hydrogen-bond acceptors (Lipinski definition) is 3. The van der Waals surface area contributed by atoms with Gasteiger partial charge in [0.1, 0.15) is 0 Å². The van der Waals surface area contributed by atoms with E-state index in [2.05, 4.69) is 17.0 Å². The van der Waals surface area contributed by atoms with Crippen LogP contribution in [0.25, 0.3) is 0 Å². The van der Waals surface area contributed by atoms with E-state index < -0.39 is 0 Å². The molecule has 2 rings (SSSR count). The summed E-state index contributed by atoms with van der Waals surface area (Å²) in [6.07, 6.45) is 0. The highest BCUT2D eigenvalue weighted by atomic mass is 16.3. The van der Waals surface area contributed by atoms with Crippen molar-refractivity contribution >= 4 is 11.4 Å². The summed E-state index contributed by atoms with van der Waals surface area (Å²) in [7, 11) is 0. The first-order valence-corrected chi connectivity index (χ1v) is 6.46. The molecule has 0 heterocycles. The molecule has 3 nitrogen and oxygen atoms in total. The monoisotopic (exact) mass is 256 g/mol. The summed E-state index contributed by atoms with van der Waals surface area (Å²) < 4.78 is 0. The van der Waals surface area contributed by atoms with Crippen LogP contribution in [0.4, 0.5) is 11.4 Å². The van der Waals surface area contributed by atoms with Crippen LogP contribution in [-0.2, 0) is 6.54 Å². The van der Waals surface area contributed by atoms with E-state index >= 15 is 0 Å². The Morgan fingerprint density at radius 2 is 1.84 bits per heavy atom. The van der Waals surface area contributed by atoms with Gasteiger partial charge >= 0.3 is 0 Å². The molecule has 0 saturated carbocycles. The van der Waals surface area contributed by atoms with Crippen LogP contribution in [-0.4, -0.2) is 18.3 Å². The number of aliphatic hydroxyl groups is 1. The van der Waals surface area contributed by atoms with Gasteiger partial charge in [0, 0.05) is 13.1 Å². The normalized spacial score (nSPS) is 10.4. The first kappa shape index (κ1) is 13.4. The van der Waals surface area contributed by atoms with E-state index in [4.69, 9.17) is 5.73 Å². The Labute approximate surface area is 114 Å². The third-order valence-electron chi connectivity index (χ3n) is 3.11. The quantitative estimate of drug-likeness (QED) is 0.808. The number of anilines is 2. The average Bonchev–Trinajstić information content (AvgIpc) is 2.39. The molecule has 19 heavy (non-hydrogen) atoms. The molecule has 0 saturated heterocycles. The zero-order valence-electron chi connectivity index (χ0n) is 11.2. The fourth-order valence-corrected chi connectivity index (χ4v) is 2.17. The molecular weight excluding hydrogens is 236 g/mol. The lowest BCUT2D eigenvalue weighted by Crippen LogP contribution is -2.26. The van der Waals surface area contributed by atoms with E-state index in [-0.39, 0.29) is 6.61 Å². The van der Waals surface area contributed by atoms with Crippen LogP contribution in [0.2, 0.25) is 0 Å². The third kappa shape index (κ3) is 3.48. The predicted octanol–water partition coefficient (Wildman–Crippen LogP) is 2.58. The molecule has 100 valence electrons. The minimum absolute atomic E-state index is 0.111. The molecule has 0 fully saturated rings. The van der Waals surface area contributed by atoms with Gasteiger partial charge < -0.3 is 15.7 Å². The summed E-state index contributed by atoms with van der Waals surface area (Å²) >= 11 is 0. The highest BCUT2D eigenvalue weighted by Gasteiger charge is 2.10. The fourth-order valence-electron chi connectivity index (χ4n) is 2.17. The summed E-state index contributed by atoms with van der Waals surface area (Å²) in [5.74, 6) is 0. The van der Waals surface area contributed by atoms with E-state index in [1.165, 1.54) is 5.56 Å². The number of aliphatic hydroxyl groups excluding tert-OH is 1. The maximum Gasteiger partial charge on any atom is 0.0606 e. The smallest absolute Gasteiger partial charge is 0.0606 e. The highest BCUT2D eigenvalue weighted by Crippen LogP contribution is 2.25. The standard InChI is InChI=1S/C16H20N2O/c1-13-7-8-16(15(17)11-13)18(9-10-19)12-14-5-3-2-4-6-14/h2-8,11,19H,9-10,12,17H2,1H3. The molecule has 2 aromatic rings. The lowest BCUT2D eigenvalue weighted by atomic mass is 10.1. The predicted molar refractivity (Wildman–Crippen MR) is 80.2 cm³/mol. The van der Waals surface area contributed by atoms with Gasteiger partial charge in [-0.2, -0.15) is 0 Å². The number of benzene rings is 2. The fraction of sp³-hybridized carbons (Fsp3) is 0.250. The van der Waals surface area contributed by atoms with Gasteiger partial charge in [0.25, 0.3) is 0 Å². The van der Waals surface area contributed by atoms with Crippen molar-refractivity contribution in [2.45, 2.75) is 13.5 Å². The number of hydrogen-bond donors (Lipinski definition) is 2. The first-order chi connectivity index (χ1) is 9.20. The Morgan fingerprint density at radius 3 is 2.47 bits per heavy atom. The summed E-state index contributed by atoms with van der Waals surface area (Å²) in [5, 5.41) is 9.24. The van der Waals surface area contributed by atoms with Crippen molar-refractivity contribution < 1.29 is 5.11 Å². The number of rotatable bonds is 5. The van der Waals surface area contributed by atoms with Gasteiger partial charge in [-0.05, 0) is 30.2 Å². The molecule has 0 spiro atoms. The molecule has 0 aliphatic carbocycles. The SMILES string of the molecule is Cc1ccc(N(CCO)Cc2ccccc2)c(N)c1. The molecule has 0 unspecified atom stereocenters. The Balaban J connectivity index is 2.24. The van der Waals surface area contributed by atoms with Crippen molar-refractivity contribution in [1.29, 1.82) is 0 Å². The van der Waals surface area contributed by atoms with Crippen LogP contribution in [0, 0.1) is 6.92 Å². The molecule has 2 aromatic carbocycles. The molecule has 3 N–H and O–H groups in total. The van der Waals surface area contributed by atoms with Crippen molar-refractivity contribution in [3.05, 3.63) is 59.7 Å². The van der Waals surface area contributed by atoms with Gasteiger partial charge in [-0.1, -0.05) is 36.4 Å². The van der Waals surface area contributed by atoms with Crippen LogP contribution in [0.5, 0.6) is 0 Å². The molecular formula is C16H20N2O. The zero-order chi connectivity index (χ0) is 13.7. The van der Waals surface area contributed by atoms with E-state index in [9.17, 15) is 5.11 Å². The second-order valence-electron chi connectivity index (χ2n) is 4.69. The summed E-state index contributed by atoms with van der Waals surface area (Å²) in [5.41, 5.74) is 10.2. The average molecular weight is 256 g/mol. The number of nitrogens with two attached hydrogens (primary N) is 1. The van der Waals surface area contributed by atoms with E-state index in [0.717, 1.165) is 23.5 Å². The first-order valence-electron chi connectivity index (χ1n) is 6.46. The lowest BCUT2D eigenvalue weighted by molar-refractivity contribution is 0.301. The molecule has 0 atom stereocenters. The van der Waals surface area contributed by atoms with Crippen LogP contribution in [0.3, 0.4) is 0 Å². The minimum atomic E-state index is 0.111. The summed E-state index contributed by atoms with van der Waals surface area (Å²) in [6, 6.07) is 16.2. The Kier molecular flexibility index (Phi) is 4.42. The van der Waals surface area contributed by atoms with Gasteiger partial charge in [0.15, 0.2) is 0 Å². The number of aryl methyl sites for hydroxylation is 1. The Bertz CT molecular complexity index is 526. The second-order valence-corrected chi connectivity index (χ2v) is 4.69. The highest BCUT2D eigenvalue weighted by molar-refractivity contribution is 5.68. The van der Waals surface area contributed by atoms with Crippen molar-refractivity contribution in [3.8, 4) is 0 Å². The van der Waals surface area contributed by atoms with E-state index in [1.807, 2.05) is 43.3 Å². The third-order valence-corrected chi connectivity index (χ3v) is 3.11. The van der Waals surface area contributed by atoms with Gasteiger partial charge in [-0.3, -0.25) is 0 Å². The Hall–Kier alpha value is -2.00. The molecule has 0 amide bonds. The summed E-state index contributed by atoms with van der Waals surface area (Å²) in [6.45, 7) is 3.45. The maximum absolute atomic E-state index is 9.24. The molecule has 0 aromatic heterocycles. The molecule has 0 aliphatic heterocycles. The molecule has 0 bridgehead atoms. The van der Waals surface area contributed by atoms with Crippen molar-refractivity contribution in [2.75, 3.05) is 23.8 Å². The van der Waals surface area contributed by atoms with Crippen LogP contribution < -0.4 is 10.6 Å². The Morgan fingerprint density at radius 1 is 1.11 bits per heavy atom. The van der Waals surface area contributed by atoms with Crippen LogP contribution in [0.15, 0.2) is 48.5 Å². The van der Waals surface area contributed by atoms with E-state index in [0.29, 0.717) is 6.54 Å². The number of nitrogens with zero attached hydrogens (tertiary/aromatic N) is 1. The van der Waals surface area contributed by atoms with Gasteiger partial charge in [-0.15, -0.1) is 0 Å². The van der Waals surface area contributed by atoms with Crippen LogP contribution in [0.1, 0.15) is 11.1 Å². The van der Waals surface area contributed by atoms with Crippen molar-refractivity contribution in [3.63, 3.8) is 0 Å². The number of nitrogen functional groups attached to an aromatic ring is 1. The zero-order valence-corrected chi connectivity index (χ0v) is 11.2. The van der Waals surface area contributed by atoms with Gasteiger partial charge in [0.05, 0.1) is 18.0 Å². The van der Waals surface area contributed by atoms with Gasteiger partial charge in [0.2, 0.25) is 0 Å². The second kappa shape index (κ2) is 6.25. The molecule has 0 aliphatic rings. The van der Waals surface area contributed by atoms with Gasteiger partial charge in [-0.25, -0.2) is 0 Å². The topological polar surface area (TPSA) is 49.5 Å².